The Kier molecular flexibility index (Phi) is 2.68. The lowest BCUT2D eigenvalue weighted by molar-refractivity contribution is -0.136. The maximum absolute atomic E-state index is 11.3. The summed E-state index contributed by atoms with van der Waals surface area (Å²) in [5.74, 6) is -0.789. The summed E-state index contributed by atoms with van der Waals surface area (Å²) in [7, 11) is 0. The smallest absolute Gasteiger partial charge is 0.309 e. The Morgan fingerprint density at radius 2 is 2.33 bits per heavy atom. The van der Waals surface area contributed by atoms with Gasteiger partial charge in [-0.15, -0.1) is 11.3 Å². The zero-order chi connectivity index (χ0) is 10.8. The van der Waals surface area contributed by atoms with Crippen LogP contribution >= 0.6 is 11.3 Å². The number of carboxylic acids is 1. The highest BCUT2D eigenvalue weighted by atomic mass is 32.1. The van der Waals surface area contributed by atoms with Crippen LogP contribution in [0, 0.1) is 5.92 Å². The minimum atomic E-state index is -0.916. The number of carbonyl (C=O) groups excluding carboxylic acids is 1. The first-order valence-electron chi connectivity index (χ1n) is 4.62. The van der Waals surface area contributed by atoms with Crippen LogP contribution in [0.25, 0.3) is 0 Å². The van der Waals surface area contributed by atoms with Crippen LogP contribution in [-0.4, -0.2) is 22.0 Å². The summed E-state index contributed by atoms with van der Waals surface area (Å²) in [5.41, 5.74) is 0.485. The molecule has 1 aliphatic carbocycles. The van der Waals surface area contributed by atoms with E-state index in [-0.39, 0.29) is 18.2 Å². The lowest BCUT2D eigenvalue weighted by Gasteiger charge is -1.97. The van der Waals surface area contributed by atoms with Crippen LogP contribution in [0.2, 0.25) is 0 Å². The molecule has 5 nitrogen and oxygen atoms in total. The van der Waals surface area contributed by atoms with Crippen LogP contribution in [0.15, 0.2) is 5.38 Å². The van der Waals surface area contributed by atoms with Gasteiger partial charge in [0.2, 0.25) is 5.91 Å². The Morgan fingerprint density at radius 3 is 2.93 bits per heavy atom. The van der Waals surface area contributed by atoms with E-state index < -0.39 is 5.97 Å². The summed E-state index contributed by atoms with van der Waals surface area (Å²) < 4.78 is 0. The minimum absolute atomic E-state index is 0.00812. The fourth-order valence-electron chi connectivity index (χ4n) is 1.15. The van der Waals surface area contributed by atoms with Gasteiger partial charge in [0.15, 0.2) is 5.13 Å². The number of amides is 1. The molecule has 1 amide bonds. The first-order valence-corrected chi connectivity index (χ1v) is 5.50. The van der Waals surface area contributed by atoms with E-state index in [0.717, 1.165) is 12.8 Å². The van der Waals surface area contributed by atoms with Gasteiger partial charge in [0.25, 0.3) is 0 Å². The highest BCUT2D eigenvalue weighted by Crippen LogP contribution is 2.30. The third kappa shape index (κ3) is 2.76. The molecule has 0 radical (unpaired) electrons. The van der Waals surface area contributed by atoms with Gasteiger partial charge >= 0.3 is 5.97 Å². The average Bonchev–Trinajstić information content (AvgIpc) is 2.90. The fourth-order valence-corrected chi connectivity index (χ4v) is 1.87. The summed E-state index contributed by atoms with van der Waals surface area (Å²) >= 11 is 1.26. The van der Waals surface area contributed by atoms with Crippen LogP contribution in [0.3, 0.4) is 0 Å². The quantitative estimate of drug-likeness (QED) is 0.806. The molecule has 0 unspecified atom stereocenters. The van der Waals surface area contributed by atoms with Crippen LogP contribution in [-0.2, 0) is 16.0 Å². The van der Waals surface area contributed by atoms with Crippen LogP contribution in [0.1, 0.15) is 18.5 Å². The lowest BCUT2D eigenvalue weighted by Crippen LogP contribution is -2.13. The highest BCUT2D eigenvalue weighted by Gasteiger charge is 2.30. The summed E-state index contributed by atoms with van der Waals surface area (Å²) in [6.45, 7) is 0. The molecule has 1 aliphatic rings. The molecule has 0 atom stereocenters. The van der Waals surface area contributed by atoms with Crippen molar-refractivity contribution in [3.8, 4) is 0 Å². The van der Waals surface area contributed by atoms with Crippen molar-refractivity contribution in [2.75, 3.05) is 5.32 Å². The molecule has 0 aromatic carbocycles. The molecule has 6 heteroatoms. The van der Waals surface area contributed by atoms with Crippen LogP contribution < -0.4 is 5.32 Å². The fraction of sp³-hybridized carbons (Fsp3) is 0.444. The Balaban J connectivity index is 1.94. The van der Waals surface area contributed by atoms with E-state index in [1.165, 1.54) is 11.3 Å². The predicted molar refractivity (Wildman–Crippen MR) is 54.8 cm³/mol. The highest BCUT2D eigenvalue weighted by molar-refractivity contribution is 7.13. The summed E-state index contributed by atoms with van der Waals surface area (Å²) in [6, 6.07) is 0. The molecule has 1 heterocycles. The van der Waals surface area contributed by atoms with Gasteiger partial charge in [-0.25, -0.2) is 4.98 Å². The van der Waals surface area contributed by atoms with Crippen molar-refractivity contribution in [3.63, 3.8) is 0 Å². The third-order valence-corrected chi connectivity index (χ3v) is 2.87. The first-order chi connectivity index (χ1) is 7.15. The van der Waals surface area contributed by atoms with Gasteiger partial charge in [0.05, 0.1) is 12.1 Å². The van der Waals surface area contributed by atoms with Crippen molar-refractivity contribution < 1.29 is 14.7 Å². The van der Waals surface area contributed by atoms with Crippen molar-refractivity contribution in [1.29, 1.82) is 0 Å². The van der Waals surface area contributed by atoms with E-state index >= 15 is 0 Å². The van der Waals surface area contributed by atoms with Crippen LogP contribution in [0.4, 0.5) is 5.13 Å². The molecule has 1 fully saturated rings. The van der Waals surface area contributed by atoms with Gasteiger partial charge in [-0.2, -0.15) is 0 Å². The molecule has 2 N–H and O–H groups in total. The summed E-state index contributed by atoms with van der Waals surface area (Å²) in [4.78, 5) is 25.7. The van der Waals surface area contributed by atoms with Gasteiger partial charge in [-0.1, -0.05) is 0 Å². The summed E-state index contributed by atoms with van der Waals surface area (Å²) in [6.07, 6.45) is 1.79. The van der Waals surface area contributed by atoms with Crippen molar-refractivity contribution in [2.24, 2.45) is 5.92 Å². The standard InChI is InChI=1S/C9H10N2O3S/c12-7(13)3-6-4-15-9(10-6)11-8(14)5-1-2-5/h4-5H,1-3H2,(H,12,13)(H,10,11,14). The molecule has 1 saturated carbocycles. The largest absolute Gasteiger partial charge is 0.481 e. The number of anilines is 1. The van der Waals surface area contributed by atoms with Crippen molar-refractivity contribution >= 4 is 28.3 Å². The molecule has 1 aromatic rings. The molecule has 1 aromatic heterocycles. The maximum atomic E-state index is 11.3. The lowest BCUT2D eigenvalue weighted by atomic mass is 10.3. The van der Waals surface area contributed by atoms with E-state index in [9.17, 15) is 9.59 Å². The van der Waals surface area contributed by atoms with Gasteiger partial charge in [-0.3, -0.25) is 9.59 Å². The van der Waals surface area contributed by atoms with Crippen molar-refractivity contribution in [2.45, 2.75) is 19.3 Å². The number of carbonyl (C=O) groups is 2. The van der Waals surface area contributed by atoms with E-state index in [1.54, 1.807) is 5.38 Å². The third-order valence-electron chi connectivity index (χ3n) is 2.06. The van der Waals surface area contributed by atoms with Gasteiger partial charge in [0, 0.05) is 11.3 Å². The SMILES string of the molecule is O=C(O)Cc1csc(NC(=O)C2CC2)n1. The Bertz CT molecular complexity index is 398. The van der Waals surface area contributed by atoms with Crippen molar-refractivity contribution in [3.05, 3.63) is 11.1 Å². The van der Waals surface area contributed by atoms with E-state index in [4.69, 9.17) is 5.11 Å². The van der Waals surface area contributed by atoms with E-state index in [2.05, 4.69) is 10.3 Å². The molecule has 0 saturated heterocycles. The number of nitrogens with one attached hydrogen (secondary N) is 1. The first kappa shape index (κ1) is 10.1. The number of thiazole rings is 1. The molecular formula is C9H10N2O3S. The number of carboxylic acid groups (broad SMARTS) is 1. The topological polar surface area (TPSA) is 79.3 Å². The summed E-state index contributed by atoms with van der Waals surface area (Å²) in [5, 5.41) is 13.3. The maximum Gasteiger partial charge on any atom is 0.309 e. The number of aromatic nitrogens is 1. The molecule has 15 heavy (non-hydrogen) atoms. The number of rotatable bonds is 4. The predicted octanol–water partition coefficient (Wildman–Crippen LogP) is 1.12. The minimum Gasteiger partial charge on any atom is -0.481 e. The Labute approximate surface area is 90.1 Å². The van der Waals surface area contributed by atoms with Crippen LogP contribution in [0.5, 0.6) is 0 Å². The zero-order valence-electron chi connectivity index (χ0n) is 7.90. The average molecular weight is 226 g/mol. The molecule has 0 spiro atoms. The number of hydrogen-bond donors (Lipinski definition) is 2. The zero-order valence-corrected chi connectivity index (χ0v) is 8.71. The molecule has 0 bridgehead atoms. The van der Waals surface area contributed by atoms with Gasteiger partial charge in [-0.05, 0) is 12.8 Å². The molecule has 0 aliphatic heterocycles. The second kappa shape index (κ2) is 3.98. The second-order valence-electron chi connectivity index (χ2n) is 3.48. The second-order valence-corrected chi connectivity index (χ2v) is 4.34. The number of hydrogen-bond acceptors (Lipinski definition) is 4. The van der Waals surface area contributed by atoms with Gasteiger partial charge < -0.3 is 10.4 Å². The number of nitrogens with zero attached hydrogens (tertiary/aromatic N) is 1. The Hall–Kier alpha value is -1.43. The normalized spacial score (nSPS) is 14.9. The monoisotopic (exact) mass is 226 g/mol. The Morgan fingerprint density at radius 1 is 1.60 bits per heavy atom. The van der Waals surface area contributed by atoms with E-state index in [1.807, 2.05) is 0 Å². The van der Waals surface area contributed by atoms with Crippen molar-refractivity contribution in [1.82, 2.24) is 4.98 Å². The molecule has 80 valence electrons. The molecule has 2 rings (SSSR count). The molecular weight excluding hydrogens is 216 g/mol. The van der Waals surface area contributed by atoms with Gasteiger partial charge in [0.1, 0.15) is 0 Å². The van der Waals surface area contributed by atoms with E-state index in [0.29, 0.717) is 10.8 Å². The number of aliphatic carboxylic acids is 1.